The van der Waals surface area contributed by atoms with Gasteiger partial charge in [0.15, 0.2) is 0 Å². The summed E-state index contributed by atoms with van der Waals surface area (Å²) in [6, 6.07) is 6.37. The van der Waals surface area contributed by atoms with Crippen molar-refractivity contribution in [1.82, 2.24) is 5.32 Å². The van der Waals surface area contributed by atoms with Crippen molar-refractivity contribution >= 4 is 5.91 Å². The summed E-state index contributed by atoms with van der Waals surface area (Å²) in [6.45, 7) is 1.38. The Morgan fingerprint density at radius 2 is 1.95 bits per heavy atom. The van der Waals surface area contributed by atoms with Gasteiger partial charge in [-0.05, 0) is 38.0 Å². The van der Waals surface area contributed by atoms with Crippen LogP contribution in [0.4, 0.5) is 8.78 Å². The van der Waals surface area contributed by atoms with E-state index in [0.29, 0.717) is 13.0 Å². The molecule has 0 bridgehead atoms. The fourth-order valence-electron chi connectivity index (χ4n) is 1.48. The van der Waals surface area contributed by atoms with Gasteiger partial charge in [0.1, 0.15) is 5.75 Å². The number of nitrogens with one attached hydrogen (secondary N) is 1. The third-order valence-corrected chi connectivity index (χ3v) is 2.28. The van der Waals surface area contributed by atoms with E-state index in [9.17, 15) is 13.6 Å². The summed E-state index contributed by atoms with van der Waals surface area (Å²) in [7, 11) is 0. The monoisotopic (exact) mass is 269 g/mol. The number of rotatable bonds is 6. The second-order valence-corrected chi connectivity index (χ2v) is 4.29. The number of ether oxygens (including phenoxy) is 1. The molecular formula is C14H17F2NO2. The predicted octanol–water partition coefficient (Wildman–Crippen LogP) is 2.91. The van der Waals surface area contributed by atoms with Crippen molar-refractivity contribution in [1.29, 1.82) is 0 Å². The van der Waals surface area contributed by atoms with Crippen LogP contribution in [0.5, 0.6) is 5.75 Å². The summed E-state index contributed by atoms with van der Waals surface area (Å²) in [5.41, 5.74) is 1.88. The molecule has 0 aromatic heterocycles. The van der Waals surface area contributed by atoms with Gasteiger partial charge in [-0.15, -0.1) is 0 Å². The zero-order valence-electron chi connectivity index (χ0n) is 11.0. The summed E-state index contributed by atoms with van der Waals surface area (Å²) >= 11 is 0. The standard InChI is InChI=1S/C14H17F2NO2/c1-10(2)9-13(18)17-8-7-11-3-5-12(6-4-11)19-14(15)16/h3-6,9,14H,7-8H2,1-2H3,(H,17,18). The Labute approximate surface area is 111 Å². The summed E-state index contributed by atoms with van der Waals surface area (Å²) in [6.07, 6.45) is 2.16. The van der Waals surface area contributed by atoms with Crippen LogP contribution in [0.25, 0.3) is 0 Å². The number of carbonyl (C=O) groups excluding carboxylic acids is 1. The number of halogens is 2. The number of hydrogen-bond acceptors (Lipinski definition) is 2. The smallest absolute Gasteiger partial charge is 0.387 e. The van der Waals surface area contributed by atoms with Crippen molar-refractivity contribution in [2.24, 2.45) is 0 Å². The molecule has 0 radical (unpaired) electrons. The normalized spacial score (nSPS) is 10.2. The minimum absolute atomic E-state index is 0.127. The number of alkyl halides is 2. The number of hydrogen-bond donors (Lipinski definition) is 1. The third kappa shape index (κ3) is 6.55. The lowest BCUT2D eigenvalue weighted by molar-refractivity contribution is -0.116. The van der Waals surface area contributed by atoms with Crippen molar-refractivity contribution in [2.75, 3.05) is 6.54 Å². The molecule has 0 saturated carbocycles. The van der Waals surface area contributed by atoms with Crippen molar-refractivity contribution in [2.45, 2.75) is 26.9 Å². The van der Waals surface area contributed by atoms with Crippen LogP contribution in [0.15, 0.2) is 35.9 Å². The Balaban J connectivity index is 2.38. The second kappa shape index (κ2) is 7.51. The van der Waals surface area contributed by atoms with E-state index < -0.39 is 6.61 Å². The van der Waals surface area contributed by atoms with Gasteiger partial charge in [0.2, 0.25) is 5.91 Å². The summed E-state index contributed by atoms with van der Waals surface area (Å²) < 4.78 is 28.1. The quantitative estimate of drug-likeness (QED) is 0.806. The number of amides is 1. The molecule has 1 rings (SSSR count). The molecule has 0 unspecified atom stereocenters. The summed E-state index contributed by atoms with van der Waals surface area (Å²) in [4.78, 5) is 11.3. The van der Waals surface area contributed by atoms with Gasteiger partial charge in [0.05, 0.1) is 0 Å². The number of carbonyl (C=O) groups is 1. The first-order valence-electron chi connectivity index (χ1n) is 5.94. The maximum absolute atomic E-state index is 11.9. The average molecular weight is 269 g/mol. The van der Waals surface area contributed by atoms with Crippen LogP contribution in [0, 0.1) is 0 Å². The molecule has 3 nitrogen and oxygen atoms in total. The summed E-state index contributed by atoms with van der Waals surface area (Å²) in [5, 5.41) is 2.74. The molecule has 0 saturated heterocycles. The van der Waals surface area contributed by atoms with E-state index in [1.54, 1.807) is 12.1 Å². The average Bonchev–Trinajstić information content (AvgIpc) is 2.29. The van der Waals surface area contributed by atoms with Crippen LogP contribution in [0.1, 0.15) is 19.4 Å². The predicted molar refractivity (Wildman–Crippen MR) is 69.2 cm³/mol. The Morgan fingerprint density at radius 1 is 1.32 bits per heavy atom. The van der Waals surface area contributed by atoms with Crippen LogP contribution < -0.4 is 10.1 Å². The molecule has 0 aliphatic carbocycles. The van der Waals surface area contributed by atoms with Crippen LogP contribution in [0.3, 0.4) is 0 Å². The molecule has 0 aliphatic heterocycles. The van der Waals surface area contributed by atoms with E-state index in [1.165, 1.54) is 18.2 Å². The van der Waals surface area contributed by atoms with Crippen LogP contribution >= 0.6 is 0 Å². The third-order valence-electron chi connectivity index (χ3n) is 2.28. The molecule has 1 aromatic rings. The molecule has 5 heteroatoms. The minimum atomic E-state index is -2.81. The maximum Gasteiger partial charge on any atom is 0.387 e. The van der Waals surface area contributed by atoms with Gasteiger partial charge in [-0.2, -0.15) is 8.78 Å². The lowest BCUT2D eigenvalue weighted by Gasteiger charge is -2.06. The van der Waals surface area contributed by atoms with E-state index in [0.717, 1.165) is 11.1 Å². The highest BCUT2D eigenvalue weighted by Crippen LogP contribution is 2.14. The molecular weight excluding hydrogens is 252 g/mol. The lowest BCUT2D eigenvalue weighted by Crippen LogP contribution is -2.23. The highest BCUT2D eigenvalue weighted by Gasteiger charge is 2.03. The van der Waals surface area contributed by atoms with E-state index in [1.807, 2.05) is 13.8 Å². The van der Waals surface area contributed by atoms with Gasteiger partial charge in [-0.3, -0.25) is 4.79 Å². The van der Waals surface area contributed by atoms with Crippen LogP contribution in [-0.4, -0.2) is 19.1 Å². The first-order valence-corrected chi connectivity index (χ1v) is 5.94. The van der Waals surface area contributed by atoms with Gasteiger partial charge < -0.3 is 10.1 Å². The van der Waals surface area contributed by atoms with Gasteiger partial charge >= 0.3 is 6.61 Å². The Morgan fingerprint density at radius 3 is 2.47 bits per heavy atom. The van der Waals surface area contributed by atoms with E-state index >= 15 is 0 Å². The zero-order chi connectivity index (χ0) is 14.3. The fourth-order valence-corrected chi connectivity index (χ4v) is 1.48. The van der Waals surface area contributed by atoms with Crippen LogP contribution in [0.2, 0.25) is 0 Å². The molecule has 0 aliphatic rings. The number of allylic oxidation sites excluding steroid dienone is 1. The SMILES string of the molecule is CC(C)=CC(=O)NCCc1ccc(OC(F)F)cc1. The fraction of sp³-hybridized carbons (Fsp3) is 0.357. The summed E-state index contributed by atoms with van der Waals surface area (Å²) in [5.74, 6) is 0.00461. The molecule has 1 aromatic carbocycles. The largest absolute Gasteiger partial charge is 0.435 e. The van der Waals surface area contributed by atoms with Gasteiger partial charge in [-0.25, -0.2) is 0 Å². The number of benzene rings is 1. The van der Waals surface area contributed by atoms with Gasteiger partial charge in [-0.1, -0.05) is 17.7 Å². The van der Waals surface area contributed by atoms with E-state index in [4.69, 9.17) is 0 Å². The maximum atomic E-state index is 11.9. The molecule has 19 heavy (non-hydrogen) atoms. The topological polar surface area (TPSA) is 38.3 Å². The second-order valence-electron chi connectivity index (χ2n) is 4.29. The highest BCUT2D eigenvalue weighted by atomic mass is 19.3. The minimum Gasteiger partial charge on any atom is -0.435 e. The molecule has 1 N–H and O–H groups in total. The molecule has 104 valence electrons. The zero-order valence-corrected chi connectivity index (χ0v) is 11.0. The van der Waals surface area contributed by atoms with Crippen molar-refractivity contribution in [3.8, 4) is 5.75 Å². The van der Waals surface area contributed by atoms with E-state index in [2.05, 4.69) is 10.1 Å². The molecule has 1 amide bonds. The lowest BCUT2D eigenvalue weighted by atomic mass is 10.1. The van der Waals surface area contributed by atoms with Crippen molar-refractivity contribution < 1.29 is 18.3 Å². The molecule has 0 atom stereocenters. The van der Waals surface area contributed by atoms with Crippen molar-refractivity contribution in [3.63, 3.8) is 0 Å². The van der Waals surface area contributed by atoms with Crippen LogP contribution in [-0.2, 0) is 11.2 Å². The Bertz CT molecular complexity index is 437. The first-order chi connectivity index (χ1) is 8.97. The van der Waals surface area contributed by atoms with Gasteiger partial charge in [0, 0.05) is 12.6 Å². The first kappa shape index (κ1) is 15.1. The molecule has 0 heterocycles. The molecule has 0 spiro atoms. The van der Waals surface area contributed by atoms with Crippen molar-refractivity contribution in [3.05, 3.63) is 41.5 Å². The molecule has 0 fully saturated rings. The Kier molecular flexibility index (Phi) is 5.99. The van der Waals surface area contributed by atoms with E-state index in [-0.39, 0.29) is 11.7 Å². The van der Waals surface area contributed by atoms with Gasteiger partial charge in [0.25, 0.3) is 0 Å². The highest BCUT2D eigenvalue weighted by molar-refractivity contribution is 5.87. The Hall–Kier alpha value is -1.91.